The zero-order valence-corrected chi connectivity index (χ0v) is 17.7. The molecule has 1 aliphatic rings. The van der Waals surface area contributed by atoms with Crippen LogP contribution in [0.1, 0.15) is 10.4 Å². The summed E-state index contributed by atoms with van der Waals surface area (Å²) in [5.74, 6) is -0.0947. The van der Waals surface area contributed by atoms with Crippen molar-refractivity contribution < 1.29 is 9.21 Å². The van der Waals surface area contributed by atoms with E-state index in [1.54, 1.807) is 29.2 Å². The molecule has 1 saturated heterocycles. The second-order valence-corrected chi connectivity index (χ2v) is 8.00. The van der Waals surface area contributed by atoms with Crippen molar-refractivity contribution in [1.82, 2.24) is 9.80 Å². The lowest BCUT2D eigenvalue weighted by Crippen LogP contribution is -2.49. The number of benzene rings is 2. The number of carbonyl (C=O) groups is 1. The maximum Gasteiger partial charge on any atom is 0.338 e. The van der Waals surface area contributed by atoms with E-state index in [-0.39, 0.29) is 11.5 Å². The Bertz CT molecular complexity index is 1120. The molecule has 0 unspecified atom stereocenters. The van der Waals surface area contributed by atoms with Gasteiger partial charge in [0, 0.05) is 55.7 Å². The third-order valence-corrected chi connectivity index (χ3v) is 5.78. The van der Waals surface area contributed by atoms with Gasteiger partial charge in [-0.05, 0) is 30.3 Å². The summed E-state index contributed by atoms with van der Waals surface area (Å²) in [6, 6.07) is 13.9. The van der Waals surface area contributed by atoms with Crippen LogP contribution in [0.5, 0.6) is 0 Å². The van der Waals surface area contributed by atoms with Crippen LogP contribution in [-0.2, 0) is 0 Å². The van der Waals surface area contributed by atoms with Crippen molar-refractivity contribution >= 4 is 45.8 Å². The molecular weight excluding hydrogens is 425 g/mol. The molecule has 0 radical (unpaired) electrons. The minimum Gasteiger partial charge on any atom is -0.423 e. The van der Waals surface area contributed by atoms with E-state index in [0.29, 0.717) is 40.8 Å². The molecule has 1 fully saturated rings. The van der Waals surface area contributed by atoms with Gasteiger partial charge in [0.25, 0.3) is 5.91 Å². The molecular formula is C22H21Cl2N3O3. The van der Waals surface area contributed by atoms with Crippen molar-refractivity contribution in [2.75, 3.05) is 44.6 Å². The predicted molar refractivity (Wildman–Crippen MR) is 120 cm³/mol. The molecule has 2 aromatic carbocycles. The minimum absolute atomic E-state index is 0.0947. The first-order chi connectivity index (χ1) is 14.5. The van der Waals surface area contributed by atoms with Gasteiger partial charge in [-0.25, -0.2) is 4.79 Å². The molecule has 1 aliphatic heterocycles. The van der Waals surface area contributed by atoms with Crippen LogP contribution in [0.2, 0.25) is 10.0 Å². The summed E-state index contributed by atoms with van der Waals surface area (Å²) in [7, 11) is 0. The Kier molecular flexibility index (Phi) is 6.27. The number of piperazine rings is 1. The van der Waals surface area contributed by atoms with Gasteiger partial charge >= 0.3 is 5.63 Å². The first-order valence-corrected chi connectivity index (χ1v) is 10.5. The van der Waals surface area contributed by atoms with E-state index in [9.17, 15) is 9.59 Å². The Hall–Kier alpha value is -2.54. The fourth-order valence-electron chi connectivity index (χ4n) is 3.61. The molecule has 6 nitrogen and oxygen atoms in total. The van der Waals surface area contributed by atoms with Gasteiger partial charge in [-0.2, -0.15) is 0 Å². The molecule has 30 heavy (non-hydrogen) atoms. The van der Waals surface area contributed by atoms with Crippen molar-refractivity contribution in [3.8, 4) is 0 Å². The van der Waals surface area contributed by atoms with E-state index >= 15 is 0 Å². The van der Waals surface area contributed by atoms with Crippen LogP contribution in [0.25, 0.3) is 11.0 Å². The Morgan fingerprint density at radius 2 is 1.80 bits per heavy atom. The van der Waals surface area contributed by atoms with Gasteiger partial charge in [0.2, 0.25) is 0 Å². The van der Waals surface area contributed by atoms with E-state index < -0.39 is 0 Å². The number of nitrogens with zero attached hydrogens (tertiary/aromatic N) is 2. The highest BCUT2D eigenvalue weighted by molar-refractivity contribution is 6.35. The number of amides is 1. The third-order valence-electron chi connectivity index (χ3n) is 5.21. The second-order valence-electron chi connectivity index (χ2n) is 7.16. The first-order valence-electron chi connectivity index (χ1n) is 9.75. The Morgan fingerprint density at radius 3 is 2.60 bits per heavy atom. The Balaban J connectivity index is 1.31. The zero-order valence-electron chi connectivity index (χ0n) is 16.2. The number of hydrogen-bond acceptors (Lipinski definition) is 5. The quantitative estimate of drug-likeness (QED) is 0.601. The maximum absolute atomic E-state index is 12.7. The molecule has 0 atom stereocenters. The fourth-order valence-corrected chi connectivity index (χ4v) is 3.98. The van der Waals surface area contributed by atoms with Gasteiger partial charge in [0.1, 0.15) is 5.58 Å². The van der Waals surface area contributed by atoms with E-state index in [4.69, 9.17) is 27.6 Å². The van der Waals surface area contributed by atoms with E-state index in [1.165, 1.54) is 6.07 Å². The minimum atomic E-state index is -0.372. The fraction of sp³-hybridized carbons (Fsp3) is 0.273. The molecule has 8 heteroatoms. The second kappa shape index (κ2) is 9.08. The van der Waals surface area contributed by atoms with E-state index in [0.717, 1.165) is 30.7 Å². The SMILES string of the molecule is O=C(c1cc(Cl)ccc1Cl)N1CCN(CCNc2cc(=O)oc3ccccc23)CC1. The molecule has 0 saturated carbocycles. The zero-order chi connectivity index (χ0) is 21.1. The summed E-state index contributed by atoms with van der Waals surface area (Å²) in [6.07, 6.45) is 0. The van der Waals surface area contributed by atoms with Gasteiger partial charge < -0.3 is 14.6 Å². The van der Waals surface area contributed by atoms with Gasteiger partial charge in [0.05, 0.1) is 16.3 Å². The number of halogens is 2. The number of hydrogen-bond donors (Lipinski definition) is 1. The summed E-state index contributed by atoms with van der Waals surface area (Å²) >= 11 is 12.2. The summed E-state index contributed by atoms with van der Waals surface area (Å²) in [4.78, 5) is 28.6. The highest BCUT2D eigenvalue weighted by Gasteiger charge is 2.23. The highest BCUT2D eigenvalue weighted by Crippen LogP contribution is 2.23. The highest BCUT2D eigenvalue weighted by atomic mass is 35.5. The van der Waals surface area contributed by atoms with Crippen LogP contribution in [0.15, 0.2) is 57.7 Å². The first kappa shape index (κ1) is 20.7. The van der Waals surface area contributed by atoms with Gasteiger partial charge in [0.15, 0.2) is 0 Å². The number of nitrogens with one attached hydrogen (secondary N) is 1. The van der Waals surface area contributed by atoms with Crippen molar-refractivity contribution in [2.45, 2.75) is 0 Å². The van der Waals surface area contributed by atoms with E-state index in [2.05, 4.69) is 10.2 Å². The van der Waals surface area contributed by atoms with Gasteiger partial charge in [-0.1, -0.05) is 35.3 Å². The molecule has 0 bridgehead atoms. The lowest BCUT2D eigenvalue weighted by molar-refractivity contribution is 0.0642. The summed E-state index contributed by atoms with van der Waals surface area (Å²) in [5, 5.41) is 5.12. The number of carbonyl (C=O) groups excluding carboxylic acids is 1. The topological polar surface area (TPSA) is 65.8 Å². The molecule has 156 valence electrons. The monoisotopic (exact) mass is 445 g/mol. The van der Waals surface area contributed by atoms with Crippen molar-refractivity contribution in [1.29, 1.82) is 0 Å². The average Bonchev–Trinajstić information content (AvgIpc) is 2.75. The predicted octanol–water partition coefficient (Wildman–Crippen LogP) is 3.97. The third kappa shape index (κ3) is 4.61. The van der Waals surface area contributed by atoms with Crippen molar-refractivity contribution in [3.63, 3.8) is 0 Å². The normalized spacial score (nSPS) is 14.8. The van der Waals surface area contributed by atoms with Gasteiger partial charge in [-0.3, -0.25) is 9.69 Å². The maximum atomic E-state index is 12.7. The van der Waals surface area contributed by atoms with Gasteiger partial charge in [-0.15, -0.1) is 0 Å². The molecule has 1 N–H and O–H groups in total. The average molecular weight is 446 g/mol. The summed E-state index contributed by atoms with van der Waals surface area (Å²) in [5.41, 5.74) is 1.41. The molecule has 4 rings (SSSR count). The van der Waals surface area contributed by atoms with Crippen LogP contribution in [-0.4, -0.2) is 55.0 Å². The largest absolute Gasteiger partial charge is 0.423 e. The number of rotatable bonds is 5. The number of anilines is 1. The molecule has 0 aliphatic carbocycles. The molecule has 1 aromatic heterocycles. The molecule has 0 spiro atoms. The lowest BCUT2D eigenvalue weighted by Gasteiger charge is -2.35. The van der Waals surface area contributed by atoms with Crippen LogP contribution >= 0.6 is 23.2 Å². The summed E-state index contributed by atoms with van der Waals surface area (Å²) < 4.78 is 5.22. The van der Waals surface area contributed by atoms with Crippen LogP contribution < -0.4 is 10.9 Å². The molecule has 2 heterocycles. The lowest BCUT2D eigenvalue weighted by atomic mass is 10.1. The number of fused-ring (bicyclic) bond motifs is 1. The van der Waals surface area contributed by atoms with Crippen molar-refractivity contribution in [3.05, 3.63) is 74.6 Å². The van der Waals surface area contributed by atoms with Crippen LogP contribution in [0.3, 0.4) is 0 Å². The summed E-state index contributed by atoms with van der Waals surface area (Å²) in [6.45, 7) is 4.27. The van der Waals surface area contributed by atoms with E-state index in [1.807, 2.05) is 18.2 Å². The smallest absolute Gasteiger partial charge is 0.338 e. The van der Waals surface area contributed by atoms with Crippen molar-refractivity contribution in [2.24, 2.45) is 0 Å². The Labute approximate surface area is 184 Å². The van der Waals surface area contributed by atoms with Crippen LogP contribution in [0.4, 0.5) is 5.69 Å². The molecule has 3 aromatic rings. The van der Waals surface area contributed by atoms with Crippen LogP contribution in [0, 0.1) is 0 Å². The number of para-hydroxylation sites is 1. The molecule has 1 amide bonds. The standard InChI is InChI=1S/C22H21Cl2N3O3/c23-15-5-6-18(24)17(13-15)22(29)27-11-9-26(10-12-27)8-7-25-19-14-21(28)30-20-4-2-1-3-16(19)20/h1-6,13-14,25H,7-12H2. The Morgan fingerprint density at radius 1 is 1.03 bits per heavy atom.